The molecule has 0 aliphatic heterocycles. The minimum atomic E-state index is -1.84. The molecule has 0 N–H and O–H groups in total. The predicted molar refractivity (Wildman–Crippen MR) is 42.0 cm³/mol. The Kier molecular flexibility index (Phi) is 5.45. The van der Waals surface area contributed by atoms with Crippen molar-refractivity contribution in [2.75, 3.05) is 6.66 Å². The molecule has 0 bridgehead atoms. The zero-order valence-electron chi connectivity index (χ0n) is 6.41. The molecule has 1 unspecified atom stereocenters. The fourth-order valence-electron chi connectivity index (χ4n) is 0.655. The Balaban J connectivity index is 0.000001000. The van der Waals surface area contributed by atoms with Crippen molar-refractivity contribution in [3.05, 3.63) is 30.3 Å². The minimum absolute atomic E-state index is 0. The Morgan fingerprint density at radius 3 is 2.27 bits per heavy atom. The Labute approximate surface area is 79.6 Å². The van der Waals surface area contributed by atoms with Gasteiger partial charge in [0.2, 0.25) is 8.03 Å². The van der Waals surface area contributed by atoms with Crippen molar-refractivity contribution < 1.29 is 28.6 Å². The van der Waals surface area contributed by atoms with E-state index in [9.17, 15) is 4.57 Å². The van der Waals surface area contributed by atoms with Crippen LogP contribution in [0.15, 0.2) is 30.3 Å². The molecule has 56 valence electrons. The number of benzene rings is 1. The van der Waals surface area contributed by atoms with Crippen molar-refractivity contribution in [2.45, 2.75) is 0 Å². The van der Waals surface area contributed by atoms with Crippen LogP contribution in [0.3, 0.4) is 0 Å². The van der Waals surface area contributed by atoms with Crippen LogP contribution in [0, 0.1) is 0 Å². The van der Waals surface area contributed by atoms with Gasteiger partial charge in [0.25, 0.3) is 0 Å². The van der Waals surface area contributed by atoms with Crippen LogP contribution in [-0.2, 0) is 24.0 Å². The van der Waals surface area contributed by atoms with Crippen molar-refractivity contribution in [1.29, 1.82) is 0 Å². The van der Waals surface area contributed by atoms with Gasteiger partial charge in [0.05, 0.1) is 0 Å². The van der Waals surface area contributed by atoms with Crippen LogP contribution in [0.2, 0.25) is 0 Å². The van der Waals surface area contributed by atoms with E-state index in [1.54, 1.807) is 18.8 Å². The molecule has 0 aliphatic carbocycles. The van der Waals surface area contributed by atoms with Crippen LogP contribution in [0.1, 0.15) is 0 Å². The van der Waals surface area contributed by atoms with E-state index in [1.807, 2.05) is 18.2 Å². The van der Waals surface area contributed by atoms with Crippen LogP contribution in [0.25, 0.3) is 0 Å². The van der Waals surface area contributed by atoms with Gasteiger partial charge in [0, 0.05) is 26.1 Å². The molecule has 0 spiro atoms. The molecule has 1 rings (SSSR count). The molecule has 2 nitrogen and oxygen atoms in total. The third-order valence-corrected chi connectivity index (χ3v) is 1.53. The minimum Gasteiger partial charge on any atom is -0.445 e. The molecule has 0 heterocycles. The molecule has 0 aliphatic rings. The van der Waals surface area contributed by atoms with Gasteiger partial charge in [-0.1, -0.05) is 18.2 Å². The number of para-hydroxylation sites is 1. The summed E-state index contributed by atoms with van der Waals surface area (Å²) in [7, 11) is -1.84. The van der Waals surface area contributed by atoms with Gasteiger partial charge in [-0.2, -0.15) is 0 Å². The van der Waals surface area contributed by atoms with E-state index >= 15 is 0 Å². The van der Waals surface area contributed by atoms with Crippen molar-refractivity contribution in [2.24, 2.45) is 0 Å². The van der Waals surface area contributed by atoms with Crippen LogP contribution < -0.4 is 4.52 Å². The van der Waals surface area contributed by atoms with Gasteiger partial charge in [-0.25, -0.2) is 0 Å². The molecular weight excluding hydrogens is 212 g/mol. The zero-order valence-corrected chi connectivity index (χ0v) is 10.4. The second kappa shape index (κ2) is 5.51. The summed E-state index contributed by atoms with van der Waals surface area (Å²) >= 11 is 0. The number of hydrogen-bond acceptors (Lipinski definition) is 2. The molecule has 1 aromatic rings. The van der Waals surface area contributed by atoms with Crippen LogP contribution >= 0.6 is 8.03 Å². The van der Waals surface area contributed by atoms with Gasteiger partial charge in [0.15, 0.2) is 0 Å². The Bertz CT molecular complexity index is 225. The fraction of sp³-hybridized carbons (Fsp3) is 0.143. The summed E-state index contributed by atoms with van der Waals surface area (Å²) < 4.78 is 15.5. The average molecular weight is 222 g/mol. The molecule has 0 radical (unpaired) electrons. The van der Waals surface area contributed by atoms with Crippen LogP contribution in [0.5, 0.6) is 5.75 Å². The molecule has 0 aromatic heterocycles. The smallest absolute Gasteiger partial charge is 0.233 e. The molecule has 4 heteroatoms. The van der Waals surface area contributed by atoms with Gasteiger partial charge >= 0.3 is 0 Å². The van der Waals surface area contributed by atoms with Crippen LogP contribution in [0.4, 0.5) is 0 Å². The fourth-order valence-corrected chi connectivity index (χ4v) is 1.12. The second-order valence-corrected chi connectivity index (χ2v) is 3.09. The maximum atomic E-state index is 10.6. The maximum absolute atomic E-state index is 10.6. The van der Waals surface area contributed by atoms with Gasteiger partial charge in [0.1, 0.15) is 5.75 Å². The topological polar surface area (TPSA) is 26.3 Å². The van der Waals surface area contributed by atoms with E-state index in [1.165, 1.54) is 0 Å². The first-order valence-electron chi connectivity index (χ1n) is 3.02. The van der Waals surface area contributed by atoms with Gasteiger partial charge in [-0.05, 0) is 12.1 Å². The van der Waals surface area contributed by atoms with E-state index in [4.69, 9.17) is 4.52 Å². The van der Waals surface area contributed by atoms with Gasteiger partial charge in [-0.15, -0.1) is 0 Å². The molecule has 11 heavy (non-hydrogen) atoms. The summed E-state index contributed by atoms with van der Waals surface area (Å²) in [6.07, 6.45) is 0. The second-order valence-electron chi connectivity index (χ2n) is 1.91. The van der Waals surface area contributed by atoms with E-state index in [0.717, 1.165) is 0 Å². The first-order valence-corrected chi connectivity index (χ1v) is 4.84. The summed E-state index contributed by atoms with van der Waals surface area (Å²) in [5.41, 5.74) is 0. The molecular formula is C7H9O2PZn. The normalized spacial score (nSPS) is 11.4. The van der Waals surface area contributed by atoms with Gasteiger partial charge in [-0.3, -0.25) is 4.57 Å². The Hall–Kier alpha value is -0.127. The third kappa shape index (κ3) is 4.34. The van der Waals surface area contributed by atoms with Crippen LogP contribution in [-0.4, -0.2) is 6.66 Å². The maximum Gasteiger partial charge on any atom is 0.233 e. The van der Waals surface area contributed by atoms with Gasteiger partial charge < -0.3 is 4.52 Å². The molecule has 1 aromatic carbocycles. The molecule has 0 fully saturated rings. The predicted octanol–water partition coefficient (Wildman–Crippen LogP) is 2.17. The van der Waals surface area contributed by atoms with E-state index in [0.29, 0.717) is 5.75 Å². The van der Waals surface area contributed by atoms with E-state index in [-0.39, 0.29) is 19.5 Å². The van der Waals surface area contributed by atoms with E-state index in [2.05, 4.69) is 0 Å². The first-order chi connectivity index (χ1) is 4.79. The first kappa shape index (κ1) is 10.9. The SMILES string of the molecule is C[PH](=O)Oc1ccccc1.[Zn]. The third-order valence-electron chi connectivity index (χ3n) is 1.00. The molecule has 0 saturated heterocycles. The van der Waals surface area contributed by atoms with E-state index < -0.39 is 8.03 Å². The number of hydrogen-bond donors (Lipinski definition) is 0. The summed E-state index contributed by atoms with van der Waals surface area (Å²) in [5, 5.41) is 0. The van der Waals surface area contributed by atoms with Crippen molar-refractivity contribution in [3.8, 4) is 5.75 Å². The Morgan fingerprint density at radius 2 is 1.82 bits per heavy atom. The zero-order chi connectivity index (χ0) is 7.40. The molecule has 1 atom stereocenters. The summed E-state index contributed by atoms with van der Waals surface area (Å²) in [4.78, 5) is 0. The largest absolute Gasteiger partial charge is 0.445 e. The quantitative estimate of drug-likeness (QED) is 0.565. The summed E-state index contributed by atoms with van der Waals surface area (Å²) in [6, 6.07) is 9.15. The van der Waals surface area contributed by atoms with Crippen molar-refractivity contribution >= 4 is 8.03 Å². The Morgan fingerprint density at radius 1 is 1.27 bits per heavy atom. The molecule has 0 amide bonds. The monoisotopic (exact) mass is 220 g/mol. The van der Waals surface area contributed by atoms with Crippen molar-refractivity contribution in [3.63, 3.8) is 0 Å². The molecule has 0 saturated carbocycles. The number of rotatable bonds is 2. The average Bonchev–Trinajstić information content (AvgIpc) is 1.88. The van der Waals surface area contributed by atoms with Crippen molar-refractivity contribution in [1.82, 2.24) is 0 Å². The standard InChI is InChI=1S/C7H9O2P.Zn/c1-10(8)9-7-5-3-2-4-6-7;/h2-6,10H,1H3;. The summed E-state index contributed by atoms with van der Waals surface area (Å²) in [5.74, 6) is 0.675. The summed E-state index contributed by atoms with van der Waals surface area (Å²) in [6.45, 7) is 1.57.